The Hall–Kier alpha value is -3.32. The molecule has 0 radical (unpaired) electrons. The van der Waals surface area contributed by atoms with Gasteiger partial charge in [0.05, 0.1) is 22.5 Å². The van der Waals surface area contributed by atoms with Gasteiger partial charge in [-0.1, -0.05) is 11.6 Å². The molecule has 2 N–H and O–H groups in total. The summed E-state index contributed by atoms with van der Waals surface area (Å²) < 4.78 is 24.3. The molecule has 0 atom stereocenters. The monoisotopic (exact) mass is 399 g/mol. The van der Waals surface area contributed by atoms with E-state index in [0.29, 0.717) is 41.7 Å². The van der Waals surface area contributed by atoms with Crippen molar-refractivity contribution in [3.63, 3.8) is 0 Å². The van der Waals surface area contributed by atoms with E-state index in [-0.39, 0.29) is 10.9 Å². The van der Waals surface area contributed by atoms with Crippen molar-refractivity contribution in [3.05, 3.63) is 71.3 Å². The number of benzene rings is 2. The second kappa shape index (κ2) is 7.74. The molecule has 3 aromatic rings. The molecule has 0 saturated carbocycles. The number of nitrogens with one attached hydrogen (secondary N) is 2. The van der Waals surface area contributed by atoms with E-state index < -0.39 is 5.82 Å². The first-order valence-electron chi connectivity index (χ1n) is 8.46. The Morgan fingerprint density at radius 3 is 2.57 bits per heavy atom. The van der Waals surface area contributed by atoms with Crippen LogP contribution in [0.2, 0.25) is 5.02 Å². The summed E-state index contributed by atoms with van der Waals surface area (Å²) in [5, 5.41) is 5.78. The van der Waals surface area contributed by atoms with Gasteiger partial charge in [-0.25, -0.2) is 4.39 Å². The van der Waals surface area contributed by atoms with Crippen LogP contribution in [0, 0.1) is 5.82 Å². The lowest BCUT2D eigenvalue weighted by molar-refractivity contribution is 0.102. The molecule has 6 nitrogen and oxygen atoms in total. The molecule has 28 heavy (non-hydrogen) atoms. The Balaban J connectivity index is 1.49. The first-order valence-corrected chi connectivity index (χ1v) is 8.84. The van der Waals surface area contributed by atoms with E-state index in [1.165, 1.54) is 24.4 Å². The molecule has 1 aliphatic rings. The number of carbonyl (C=O) groups excluding carboxylic acids is 1. The fourth-order valence-corrected chi connectivity index (χ4v) is 2.88. The number of pyridine rings is 1. The molecule has 0 bridgehead atoms. The van der Waals surface area contributed by atoms with Crippen LogP contribution in [0.1, 0.15) is 10.4 Å². The summed E-state index contributed by atoms with van der Waals surface area (Å²) >= 11 is 5.74. The van der Waals surface area contributed by atoms with Gasteiger partial charge >= 0.3 is 0 Å². The van der Waals surface area contributed by atoms with Crippen molar-refractivity contribution in [2.75, 3.05) is 23.8 Å². The van der Waals surface area contributed by atoms with Crippen LogP contribution >= 0.6 is 11.6 Å². The summed E-state index contributed by atoms with van der Waals surface area (Å²) in [6.45, 7) is 1.03. The van der Waals surface area contributed by atoms with Crippen molar-refractivity contribution < 1.29 is 18.7 Å². The highest BCUT2D eigenvalue weighted by Gasteiger charge is 2.13. The van der Waals surface area contributed by atoms with Crippen LogP contribution in [0.5, 0.6) is 11.5 Å². The summed E-state index contributed by atoms with van der Waals surface area (Å²) in [4.78, 5) is 16.6. The van der Waals surface area contributed by atoms with Gasteiger partial charge in [0.15, 0.2) is 11.5 Å². The predicted molar refractivity (Wildman–Crippen MR) is 104 cm³/mol. The molecular formula is C20H15ClFN3O3. The van der Waals surface area contributed by atoms with E-state index in [1.807, 2.05) is 18.2 Å². The summed E-state index contributed by atoms with van der Waals surface area (Å²) in [7, 11) is 0. The predicted octanol–water partition coefficient (Wildman–Crippen LogP) is 4.64. The number of rotatable bonds is 4. The number of nitrogens with zero attached hydrogens (tertiary/aromatic N) is 1. The number of hydrogen-bond acceptors (Lipinski definition) is 5. The molecule has 0 spiro atoms. The van der Waals surface area contributed by atoms with Crippen molar-refractivity contribution in [1.29, 1.82) is 0 Å². The maximum absolute atomic E-state index is 13.2. The first kappa shape index (κ1) is 18.1. The van der Waals surface area contributed by atoms with Crippen LogP contribution in [0.15, 0.2) is 54.9 Å². The average Bonchev–Trinajstić information content (AvgIpc) is 2.71. The molecular weight excluding hydrogens is 385 g/mol. The maximum atomic E-state index is 13.2. The summed E-state index contributed by atoms with van der Waals surface area (Å²) in [5.41, 5.74) is 2.12. The molecule has 4 rings (SSSR count). The number of anilines is 3. The van der Waals surface area contributed by atoms with Gasteiger partial charge in [-0.2, -0.15) is 0 Å². The Bertz CT molecular complexity index is 1040. The lowest BCUT2D eigenvalue weighted by Crippen LogP contribution is -2.15. The molecule has 0 fully saturated rings. The Morgan fingerprint density at radius 1 is 0.964 bits per heavy atom. The van der Waals surface area contributed by atoms with Crippen molar-refractivity contribution in [2.45, 2.75) is 0 Å². The summed E-state index contributed by atoms with van der Waals surface area (Å²) in [6.07, 6.45) is 3.04. The van der Waals surface area contributed by atoms with Gasteiger partial charge in [-0.15, -0.1) is 0 Å². The van der Waals surface area contributed by atoms with E-state index in [1.54, 1.807) is 12.3 Å². The van der Waals surface area contributed by atoms with E-state index in [4.69, 9.17) is 21.1 Å². The number of ether oxygens (including phenoxy) is 2. The van der Waals surface area contributed by atoms with Crippen molar-refractivity contribution in [2.24, 2.45) is 0 Å². The smallest absolute Gasteiger partial charge is 0.257 e. The number of carbonyl (C=O) groups is 1. The molecule has 1 amide bonds. The van der Waals surface area contributed by atoms with E-state index in [0.717, 1.165) is 5.69 Å². The third-order valence-electron chi connectivity index (χ3n) is 4.01. The molecule has 142 valence electrons. The number of amides is 1. The zero-order valence-corrected chi connectivity index (χ0v) is 15.3. The lowest BCUT2D eigenvalue weighted by atomic mass is 10.2. The zero-order chi connectivity index (χ0) is 19.5. The molecule has 0 saturated heterocycles. The number of hydrogen-bond donors (Lipinski definition) is 2. The Labute approximate surface area is 165 Å². The van der Waals surface area contributed by atoms with Crippen LogP contribution in [-0.4, -0.2) is 24.1 Å². The summed E-state index contributed by atoms with van der Waals surface area (Å²) in [5.74, 6) is 0.417. The normalized spacial score (nSPS) is 12.4. The minimum atomic E-state index is -0.549. The van der Waals surface area contributed by atoms with Gasteiger partial charge in [0, 0.05) is 23.6 Å². The molecule has 0 aliphatic carbocycles. The number of aromatic nitrogens is 1. The summed E-state index contributed by atoms with van der Waals surface area (Å²) in [6, 6.07) is 11.1. The average molecular weight is 400 g/mol. The van der Waals surface area contributed by atoms with Gasteiger partial charge in [-0.05, 0) is 36.4 Å². The van der Waals surface area contributed by atoms with Gasteiger partial charge < -0.3 is 20.1 Å². The van der Waals surface area contributed by atoms with Crippen LogP contribution < -0.4 is 20.1 Å². The lowest BCUT2D eigenvalue weighted by Gasteiger charge is -2.19. The molecule has 0 unspecified atom stereocenters. The number of halogens is 2. The molecule has 2 heterocycles. The minimum Gasteiger partial charge on any atom is -0.486 e. The number of fused-ring (bicyclic) bond motifs is 1. The van der Waals surface area contributed by atoms with Crippen LogP contribution in [0.3, 0.4) is 0 Å². The first-order chi connectivity index (χ1) is 13.6. The van der Waals surface area contributed by atoms with Gasteiger partial charge in [-0.3, -0.25) is 9.78 Å². The zero-order valence-electron chi connectivity index (χ0n) is 14.5. The molecule has 1 aromatic heterocycles. The van der Waals surface area contributed by atoms with Gasteiger partial charge in [0.2, 0.25) is 0 Å². The Morgan fingerprint density at radius 2 is 1.75 bits per heavy atom. The van der Waals surface area contributed by atoms with Gasteiger partial charge in [0.1, 0.15) is 19.0 Å². The van der Waals surface area contributed by atoms with Crippen LogP contribution in [-0.2, 0) is 0 Å². The molecule has 1 aliphatic heterocycles. The fourth-order valence-electron chi connectivity index (χ4n) is 2.70. The van der Waals surface area contributed by atoms with Crippen molar-refractivity contribution >= 4 is 34.6 Å². The quantitative estimate of drug-likeness (QED) is 0.668. The van der Waals surface area contributed by atoms with Crippen molar-refractivity contribution in [3.8, 4) is 11.5 Å². The minimum absolute atomic E-state index is 0.0649. The third kappa shape index (κ3) is 3.99. The highest BCUT2D eigenvalue weighted by Crippen LogP contribution is 2.33. The Kier molecular flexibility index (Phi) is 4.99. The second-order valence-electron chi connectivity index (χ2n) is 6.03. The fraction of sp³-hybridized carbons (Fsp3) is 0.100. The second-order valence-corrected chi connectivity index (χ2v) is 6.44. The third-order valence-corrected chi connectivity index (χ3v) is 4.30. The van der Waals surface area contributed by atoms with Crippen LogP contribution in [0.25, 0.3) is 0 Å². The highest BCUT2D eigenvalue weighted by atomic mass is 35.5. The molecule has 2 aromatic carbocycles. The topological polar surface area (TPSA) is 72.5 Å². The maximum Gasteiger partial charge on any atom is 0.257 e. The highest BCUT2D eigenvalue weighted by molar-refractivity contribution is 6.31. The van der Waals surface area contributed by atoms with E-state index >= 15 is 0 Å². The van der Waals surface area contributed by atoms with Crippen LogP contribution in [0.4, 0.5) is 21.5 Å². The standard InChI is InChI=1S/C20H15ClFN3O3/c21-16-8-13(1-3-17(16)22)25-20(26)12-7-15(11-23-10-12)24-14-2-4-18-19(9-14)28-6-5-27-18/h1-4,7-11,24H,5-6H2,(H,25,26). The molecule has 8 heteroatoms. The SMILES string of the molecule is O=C(Nc1ccc(F)c(Cl)c1)c1cncc(Nc2ccc3c(c2)OCCO3)c1. The van der Waals surface area contributed by atoms with E-state index in [9.17, 15) is 9.18 Å². The van der Waals surface area contributed by atoms with Crippen molar-refractivity contribution in [1.82, 2.24) is 4.98 Å². The van der Waals surface area contributed by atoms with E-state index in [2.05, 4.69) is 15.6 Å². The largest absolute Gasteiger partial charge is 0.486 e. The van der Waals surface area contributed by atoms with Gasteiger partial charge in [0.25, 0.3) is 5.91 Å².